The Morgan fingerprint density at radius 1 is 1.15 bits per heavy atom. The van der Waals surface area contributed by atoms with Gasteiger partial charge >= 0.3 is 0 Å². The molecule has 0 aromatic heterocycles. The van der Waals surface area contributed by atoms with Gasteiger partial charge in [0, 0.05) is 18.8 Å². The van der Waals surface area contributed by atoms with Crippen molar-refractivity contribution in [2.45, 2.75) is 19.4 Å². The number of hydrogen-bond acceptors (Lipinski definition) is 4. The summed E-state index contributed by atoms with van der Waals surface area (Å²) in [5, 5.41) is 12.4. The van der Waals surface area contributed by atoms with Gasteiger partial charge < -0.3 is 15.2 Å². The molecule has 26 heavy (non-hydrogen) atoms. The Balaban J connectivity index is 1.59. The van der Waals surface area contributed by atoms with Gasteiger partial charge in [0.1, 0.15) is 11.5 Å². The number of nitrogens with one attached hydrogen (secondary N) is 1. The lowest BCUT2D eigenvalue weighted by Crippen LogP contribution is -2.44. The molecule has 0 saturated heterocycles. The van der Waals surface area contributed by atoms with Gasteiger partial charge in [0.2, 0.25) is 5.91 Å². The average molecular weight is 352 g/mol. The largest absolute Gasteiger partial charge is 0.508 e. The van der Waals surface area contributed by atoms with Crippen molar-refractivity contribution in [2.24, 2.45) is 0 Å². The van der Waals surface area contributed by atoms with E-state index in [2.05, 4.69) is 16.3 Å². The summed E-state index contributed by atoms with van der Waals surface area (Å²) in [6.07, 6.45) is 3.04. The highest BCUT2D eigenvalue weighted by molar-refractivity contribution is 5.94. The molecular weight excluding hydrogens is 328 g/mol. The van der Waals surface area contributed by atoms with Crippen LogP contribution >= 0.6 is 0 Å². The number of methoxy groups -OCH3 is 1. The van der Waals surface area contributed by atoms with Crippen LogP contribution in [0.5, 0.6) is 11.5 Å². The smallest absolute Gasteiger partial charge is 0.241 e. The number of carbonyl (C=O) groups excluding carboxylic acids is 1. The van der Waals surface area contributed by atoms with Gasteiger partial charge in [-0.25, -0.2) is 0 Å². The molecule has 1 unspecified atom stereocenters. The molecule has 1 atom stereocenters. The Bertz CT molecular complexity index is 782. The Hall–Kier alpha value is -2.79. The molecule has 1 amide bonds. The van der Waals surface area contributed by atoms with E-state index in [-0.39, 0.29) is 17.7 Å². The van der Waals surface area contributed by atoms with Crippen molar-refractivity contribution in [3.63, 3.8) is 0 Å². The molecule has 2 aromatic rings. The van der Waals surface area contributed by atoms with Gasteiger partial charge in [0.15, 0.2) is 0 Å². The number of ether oxygens (including phenoxy) is 1. The molecule has 0 fully saturated rings. The molecule has 1 aliphatic rings. The van der Waals surface area contributed by atoms with Crippen LogP contribution < -0.4 is 10.1 Å². The predicted molar refractivity (Wildman–Crippen MR) is 103 cm³/mol. The topological polar surface area (TPSA) is 61.8 Å². The third-order valence-corrected chi connectivity index (χ3v) is 4.76. The minimum absolute atomic E-state index is 0.0170. The Morgan fingerprint density at radius 3 is 2.42 bits per heavy atom. The lowest BCUT2D eigenvalue weighted by Gasteiger charge is -2.31. The molecule has 2 N–H and O–H groups in total. The van der Waals surface area contributed by atoms with Crippen molar-refractivity contribution in [3.05, 3.63) is 60.2 Å². The molecule has 0 bridgehead atoms. The van der Waals surface area contributed by atoms with E-state index >= 15 is 0 Å². The first kappa shape index (κ1) is 18.0. The molecule has 0 spiro atoms. The van der Waals surface area contributed by atoms with Crippen LogP contribution in [0.4, 0.5) is 5.69 Å². The van der Waals surface area contributed by atoms with Crippen LogP contribution in [0.1, 0.15) is 18.9 Å². The predicted octanol–water partition coefficient (Wildman–Crippen LogP) is 3.52. The van der Waals surface area contributed by atoms with Crippen LogP contribution in [0.3, 0.4) is 0 Å². The normalized spacial score (nSPS) is 15.8. The van der Waals surface area contributed by atoms with Crippen molar-refractivity contribution in [1.29, 1.82) is 0 Å². The summed E-state index contributed by atoms with van der Waals surface area (Å²) < 4.78 is 5.13. The molecule has 2 aromatic carbocycles. The van der Waals surface area contributed by atoms with E-state index in [1.807, 2.05) is 43.3 Å². The Morgan fingerprint density at radius 2 is 1.85 bits per heavy atom. The fraction of sp³-hybridized carbons (Fsp3) is 0.286. The lowest BCUT2D eigenvalue weighted by atomic mass is 9.98. The third kappa shape index (κ3) is 4.24. The number of phenols is 1. The quantitative estimate of drug-likeness (QED) is 0.864. The minimum atomic E-state index is -0.213. The molecule has 5 nitrogen and oxygen atoms in total. The van der Waals surface area contributed by atoms with Crippen LogP contribution in [-0.2, 0) is 4.79 Å². The number of nitrogens with zero attached hydrogens (tertiary/aromatic N) is 1. The van der Waals surface area contributed by atoms with E-state index in [1.54, 1.807) is 19.2 Å². The van der Waals surface area contributed by atoms with Crippen LogP contribution in [0, 0.1) is 0 Å². The molecule has 3 rings (SSSR count). The summed E-state index contributed by atoms with van der Waals surface area (Å²) in [5.41, 5.74) is 3.14. The van der Waals surface area contributed by atoms with Gasteiger partial charge in [0.25, 0.3) is 0 Å². The maximum absolute atomic E-state index is 12.5. The zero-order chi connectivity index (χ0) is 18.5. The van der Waals surface area contributed by atoms with Gasteiger partial charge in [-0.3, -0.25) is 9.69 Å². The van der Waals surface area contributed by atoms with Gasteiger partial charge in [-0.05, 0) is 60.9 Å². The molecular formula is C21H24N2O3. The summed E-state index contributed by atoms with van der Waals surface area (Å²) in [5.74, 6) is 1.02. The SMILES string of the molecule is COc1ccc(NC(=O)C(C)N2CC=C(c3ccc(O)cc3)CC2)cc1. The number of aromatic hydroxyl groups is 1. The maximum atomic E-state index is 12.5. The van der Waals surface area contributed by atoms with E-state index in [0.29, 0.717) is 0 Å². The van der Waals surface area contributed by atoms with Gasteiger partial charge in [-0.2, -0.15) is 0 Å². The first-order chi connectivity index (χ1) is 12.6. The van der Waals surface area contributed by atoms with Crippen LogP contribution in [0.25, 0.3) is 5.57 Å². The average Bonchev–Trinajstić information content (AvgIpc) is 2.69. The van der Waals surface area contributed by atoms with Crippen molar-refractivity contribution >= 4 is 17.2 Å². The lowest BCUT2D eigenvalue weighted by molar-refractivity contribution is -0.120. The first-order valence-corrected chi connectivity index (χ1v) is 8.74. The molecule has 136 valence electrons. The van der Waals surface area contributed by atoms with Gasteiger partial charge in [-0.1, -0.05) is 18.2 Å². The van der Waals surface area contributed by atoms with E-state index < -0.39 is 0 Å². The number of benzene rings is 2. The fourth-order valence-electron chi connectivity index (χ4n) is 3.06. The van der Waals surface area contributed by atoms with E-state index in [4.69, 9.17) is 4.74 Å². The van der Waals surface area contributed by atoms with Crippen molar-refractivity contribution in [1.82, 2.24) is 4.90 Å². The first-order valence-electron chi connectivity index (χ1n) is 8.74. The highest BCUT2D eigenvalue weighted by atomic mass is 16.5. The summed E-state index contributed by atoms with van der Waals surface area (Å²) in [7, 11) is 1.62. The van der Waals surface area contributed by atoms with Gasteiger partial charge in [-0.15, -0.1) is 0 Å². The van der Waals surface area contributed by atoms with Gasteiger partial charge in [0.05, 0.1) is 13.2 Å². The summed E-state index contributed by atoms with van der Waals surface area (Å²) in [6, 6.07) is 14.4. The van der Waals surface area contributed by atoms with E-state index in [9.17, 15) is 9.90 Å². The van der Waals surface area contributed by atoms with E-state index in [0.717, 1.165) is 36.5 Å². The van der Waals surface area contributed by atoms with Crippen molar-refractivity contribution in [2.75, 3.05) is 25.5 Å². The van der Waals surface area contributed by atoms with Crippen molar-refractivity contribution < 1.29 is 14.6 Å². The fourth-order valence-corrected chi connectivity index (χ4v) is 3.06. The zero-order valence-electron chi connectivity index (χ0n) is 15.1. The van der Waals surface area contributed by atoms with Crippen molar-refractivity contribution in [3.8, 4) is 11.5 Å². The minimum Gasteiger partial charge on any atom is -0.508 e. The van der Waals surface area contributed by atoms with Crippen LogP contribution in [0.15, 0.2) is 54.6 Å². The number of hydrogen-bond donors (Lipinski definition) is 2. The summed E-state index contributed by atoms with van der Waals surface area (Å²) in [4.78, 5) is 14.7. The van der Waals surface area contributed by atoms with Crippen LogP contribution in [0.2, 0.25) is 0 Å². The second-order valence-electron chi connectivity index (χ2n) is 6.41. The highest BCUT2D eigenvalue weighted by Gasteiger charge is 2.23. The number of carbonyl (C=O) groups is 1. The summed E-state index contributed by atoms with van der Waals surface area (Å²) in [6.45, 7) is 3.48. The number of phenolic OH excluding ortho intramolecular Hbond substituents is 1. The standard InChI is InChI=1S/C21H24N2O3/c1-15(21(25)22-18-5-9-20(26-2)10-6-18)23-13-11-17(12-14-23)16-3-7-19(24)8-4-16/h3-11,15,24H,12-14H2,1-2H3,(H,22,25). The third-order valence-electron chi connectivity index (χ3n) is 4.76. The number of rotatable bonds is 5. The zero-order valence-corrected chi connectivity index (χ0v) is 15.1. The molecule has 1 heterocycles. The van der Waals surface area contributed by atoms with E-state index in [1.165, 1.54) is 5.57 Å². The molecule has 0 radical (unpaired) electrons. The maximum Gasteiger partial charge on any atom is 0.241 e. The Kier molecular flexibility index (Phi) is 5.58. The second kappa shape index (κ2) is 8.06. The summed E-state index contributed by atoms with van der Waals surface area (Å²) >= 11 is 0. The molecule has 0 aliphatic carbocycles. The van der Waals surface area contributed by atoms with Crippen LogP contribution in [-0.4, -0.2) is 42.2 Å². The second-order valence-corrected chi connectivity index (χ2v) is 6.41. The molecule has 5 heteroatoms. The number of anilines is 1. The molecule has 1 aliphatic heterocycles. The molecule has 0 saturated carbocycles. The number of amides is 1. The Labute approximate surface area is 153 Å². The highest BCUT2D eigenvalue weighted by Crippen LogP contribution is 2.25. The monoisotopic (exact) mass is 352 g/mol.